The molecule has 3 nitrogen and oxygen atoms in total. The van der Waals surface area contributed by atoms with Gasteiger partial charge in [-0.15, -0.1) is 0 Å². The van der Waals surface area contributed by atoms with E-state index in [0.29, 0.717) is 11.2 Å². The number of hydrogen-bond donors (Lipinski definition) is 0. The summed E-state index contributed by atoms with van der Waals surface area (Å²) in [5.41, 5.74) is 0.982. The lowest BCUT2D eigenvalue weighted by molar-refractivity contribution is 0.136. The Labute approximate surface area is 101 Å². The highest BCUT2D eigenvalue weighted by Crippen LogP contribution is 2.40. The smallest absolute Gasteiger partial charge is 0.152 e. The Bertz CT molecular complexity index is 378. The minimum Gasteiger partial charge on any atom is -0.292 e. The van der Waals surface area contributed by atoms with Crippen molar-refractivity contribution < 1.29 is 0 Å². The molecule has 1 aliphatic heterocycles. The van der Waals surface area contributed by atoms with Gasteiger partial charge in [0, 0.05) is 18.4 Å². The van der Waals surface area contributed by atoms with E-state index in [1.54, 1.807) is 12.4 Å². The first-order chi connectivity index (χ1) is 7.86. The van der Waals surface area contributed by atoms with Gasteiger partial charge in [0.1, 0.15) is 0 Å². The molecule has 16 heavy (non-hydrogen) atoms. The third-order valence-electron chi connectivity index (χ3n) is 3.56. The average molecular weight is 238 g/mol. The van der Waals surface area contributed by atoms with E-state index in [0.717, 1.165) is 11.7 Å². The fourth-order valence-corrected chi connectivity index (χ4v) is 2.88. The van der Waals surface area contributed by atoms with Crippen LogP contribution in [0.3, 0.4) is 0 Å². The van der Waals surface area contributed by atoms with E-state index in [1.165, 1.54) is 38.6 Å². The first-order valence-electron chi connectivity index (χ1n) is 6.08. The van der Waals surface area contributed by atoms with Crippen molar-refractivity contribution in [3.63, 3.8) is 0 Å². The van der Waals surface area contributed by atoms with Gasteiger partial charge in [0.05, 0.1) is 11.7 Å². The van der Waals surface area contributed by atoms with Gasteiger partial charge in [-0.3, -0.25) is 9.88 Å². The van der Waals surface area contributed by atoms with Gasteiger partial charge in [-0.2, -0.15) is 0 Å². The molecular weight excluding hydrogens is 222 g/mol. The maximum atomic E-state index is 6.15. The lowest BCUT2D eigenvalue weighted by Crippen LogP contribution is -2.35. The summed E-state index contributed by atoms with van der Waals surface area (Å²) >= 11 is 6.15. The van der Waals surface area contributed by atoms with Crippen LogP contribution in [0.1, 0.15) is 43.8 Å². The van der Waals surface area contributed by atoms with E-state index in [2.05, 4.69) is 14.9 Å². The maximum Gasteiger partial charge on any atom is 0.152 e. The highest BCUT2D eigenvalue weighted by atomic mass is 35.5. The molecule has 0 amide bonds. The number of hydrogen-bond acceptors (Lipinski definition) is 3. The summed E-state index contributed by atoms with van der Waals surface area (Å²) in [7, 11) is 0. The first-order valence-corrected chi connectivity index (χ1v) is 6.46. The summed E-state index contributed by atoms with van der Waals surface area (Å²) < 4.78 is 0. The molecule has 4 heteroatoms. The number of likely N-dealkylation sites (tertiary alicyclic amines) is 1. The zero-order chi connectivity index (χ0) is 11.0. The van der Waals surface area contributed by atoms with Gasteiger partial charge in [-0.1, -0.05) is 18.0 Å². The predicted molar refractivity (Wildman–Crippen MR) is 63.4 cm³/mol. The molecular formula is C12H16ClN3. The predicted octanol–water partition coefficient (Wildman–Crippen LogP) is 2.82. The van der Waals surface area contributed by atoms with Crippen LogP contribution in [0.15, 0.2) is 12.4 Å². The third-order valence-corrected chi connectivity index (χ3v) is 3.85. The molecule has 2 heterocycles. The number of nitrogens with zero attached hydrogens (tertiary/aromatic N) is 3. The minimum absolute atomic E-state index is 0.405. The number of rotatable bonds is 2. The molecule has 1 saturated carbocycles. The Kier molecular flexibility index (Phi) is 2.82. The highest BCUT2D eigenvalue weighted by molar-refractivity contribution is 6.30. The minimum atomic E-state index is 0.405. The van der Waals surface area contributed by atoms with Crippen molar-refractivity contribution in [3.05, 3.63) is 23.2 Å². The standard InChI is InChI=1S/C12H16ClN3/c13-12-11(14-6-7-15-12)10-3-1-2-8-16(10)9-4-5-9/h6-7,9-10H,1-5,8H2. The van der Waals surface area contributed by atoms with Crippen molar-refractivity contribution in [2.75, 3.05) is 6.54 Å². The van der Waals surface area contributed by atoms with E-state index in [4.69, 9.17) is 11.6 Å². The molecule has 0 spiro atoms. The third kappa shape index (κ3) is 1.94. The van der Waals surface area contributed by atoms with Crippen LogP contribution in [0, 0.1) is 0 Å². The van der Waals surface area contributed by atoms with Crippen LogP contribution in [-0.2, 0) is 0 Å². The maximum absolute atomic E-state index is 6.15. The van der Waals surface area contributed by atoms with Gasteiger partial charge < -0.3 is 0 Å². The Hall–Kier alpha value is -0.670. The summed E-state index contributed by atoms with van der Waals surface area (Å²) in [5, 5.41) is 0.583. The Morgan fingerprint density at radius 1 is 1.12 bits per heavy atom. The second-order valence-electron chi connectivity index (χ2n) is 4.71. The van der Waals surface area contributed by atoms with E-state index < -0.39 is 0 Å². The average Bonchev–Trinajstić information content (AvgIpc) is 3.14. The Morgan fingerprint density at radius 3 is 2.69 bits per heavy atom. The molecule has 3 rings (SSSR count). The zero-order valence-electron chi connectivity index (χ0n) is 9.27. The molecule has 0 bridgehead atoms. The van der Waals surface area contributed by atoms with E-state index in [1.807, 2.05) is 0 Å². The summed E-state index contributed by atoms with van der Waals surface area (Å²) in [6.45, 7) is 1.20. The van der Waals surface area contributed by atoms with Crippen molar-refractivity contribution in [3.8, 4) is 0 Å². The van der Waals surface area contributed by atoms with E-state index >= 15 is 0 Å². The van der Waals surface area contributed by atoms with Crippen LogP contribution in [0.4, 0.5) is 0 Å². The lowest BCUT2D eigenvalue weighted by Gasteiger charge is -2.35. The van der Waals surface area contributed by atoms with E-state index in [-0.39, 0.29) is 0 Å². The highest BCUT2D eigenvalue weighted by Gasteiger charge is 2.37. The Morgan fingerprint density at radius 2 is 1.94 bits per heavy atom. The summed E-state index contributed by atoms with van der Waals surface area (Å²) in [4.78, 5) is 11.2. The quantitative estimate of drug-likeness (QED) is 0.792. The zero-order valence-corrected chi connectivity index (χ0v) is 10.0. The SMILES string of the molecule is Clc1nccnc1C1CCCCN1C1CC1. The van der Waals surface area contributed by atoms with Gasteiger partial charge in [-0.05, 0) is 32.2 Å². The second-order valence-corrected chi connectivity index (χ2v) is 5.07. The fraction of sp³-hybridized carbons (Fsp3) is 0.667. The molecule has 1 unspecified atom stereocenters. The van der Waals surface area contributed by atoms with Crippen LogP contribution < -0.4 is 0 Å². The largest absolute Gasteiger partial charge is 0.292 e. The molecule has 86 valence electrons. The molecule has 2 aliphatic rings. The molecule has 1 aliphatic carbocycles. The molecule has 2 fully saturated rings. The number of aromatic nitrogens is 2. The first kappa shape index (κ1) is 10.5. The van der Waals surface area contributed by atoms with Crippen LogP contribution >= 0.6 is 11.6 Å². The monoisotopic (exact) mass is 237 g/mol. The van der Waals surface area contributed by atoms with Gasteiger partial charge in [0.15, 0.2) is 5.15 Å². The molecule has 1 saturated heterocycles. The van der Waals surface area contributed by atoms with Crippen molar-refractivity contribution >= 4 is 11.6 Å². The lowest BCUT2D eigenvalue weighted by atomic mass is 9.99. The van der Waals surface area contributed by atoms with Crippen molar-refractivity contribution in [2.45, 2.75) is 44.2 Å². The summed E-state index contributed by atoms with van der Waals surface area (Å²) in [5.74, 6) is 0. The number of halogens is 1. The summed E-state index contributed by atoms with van der Waals surface area (Å²) in [6, 6.07) is 1.19. The van der Waals surface area contributed by atoms with Crippen molar-refractivity contribution in [1.82, 2.24) is 14.9 Å². The Balaban J connectivity index is 1.88. The van der Waals surface area contributed by atoms with Crippen LogP contribution in [-0.4, -0.2) is 27.5 Å². The second kappa shape index (κ2) is 4.30. The van der Waals surface area contributed by atoms with Crippen LogP contribution in [0.2, 0.25) is 5.15 Å². The molecule has 1 aromatic heterocycles. The van der Waals surface area contributed by atoms with E-state index in [9.17, 15) is 0 Å². The molecule has 0 radical (unpaired) electrons. The van der Waals surface area contributed by atoms with Crippen LogP contribution in [0.5, 0.6) is 0 Å². The van der Waals surface area contributed by atoms with Gasteiger partial charge >= 0.3 is 0 Å². The fourth-order valence-electron chi connectivity index (χ4n) is 2.65. The molecule has 1 aromatic rings. The number of piperidine rings is 1. The topological polar surface area (TPSA) is 29.0 Å². The van der Waals surface area contributed by atoms with Crippen molar-refractivity contribution in [2.24, 2.45) is 0 Å². The van der Waals surface area contributed by atoms with Crippen molar-refractivity contribution in [1.29, 1.82) is 0 Å². The van der Waals surface area contributed by atoms with Crippen LogP contribution in [0.25, 0.3) is 0 Å². The van der Waals surface area contributed by atoms with Gasteiger partial charge in [-0.25, -0.2) is 4.98 Å². The molecule has 1 atom stereocenters. The molecule has 0 aromatic carbocycles. The normalized spacial score (nSPS) is 26.9. The van der Waals surface area contributed by atoms with Gasteiger partial charge in [0.25, 0.3) is 0 Å². The molecule has 0 N–H and O–H groups in total. The summed E-state index contributed by atoms with van der Waals surface area (Å²) in [6.07, 6.45) is 9.86. The van der Waals surface area contributed by atoms with Gasteiger partial charge in [0.2, 0.25) is 0 Å².